The molecular formula is C15H16ClF2N3O2. The van der Waals surface area contributed by atoms with Crippen LogP contribution in [-0.4, -0.2) is 37.0 Å². The summed E-state index contributed by atoms with van der Waals surface area (Å²) in [6, 6.07) is 5.60. The van der Waals surface area contributed by atoms with Crippen LogP contribution in [0.1, 0.15) is 12.8 Å². The number of alkyl halides is 2. The molecule has 23 heavy (non-hydrogen) atoms. The van der Waals surface area contributed by atoms with E-state index in [0.717, 1.165) is 6.42 Å². The Hall–Kier alpha value is -1.89. The van der Waals surface area contributed by atoms with Gasteiger partial charge < -0.3 is 14.6 Å². The molecule has 1 unspecified atom stereocenters. The molecule has 1 amide bonds. The van der Waals surface area contributed by atoms with E-state index in [-0.39, 0.29) is 11.8 Å². The minimum Gasteiger partial charge on any atom is -0.423 e. The highest BCUT2D eigenvalue weighted by atomic mass is 35.5. The summed E-state index contributed by atoms with van der Waals surface area (Å²) in [5.74, 6) is -0.699. The van der Waals surface area contributed by atoms with Gasteiger partial charge in [0.1, 0.15) is 5.52 Å². The lowest BCUT2D eigenvalue weighted by Gasteiger charge is -2.30. The highest BCUT2D eigenvalue weighted by molar-refractivity contribution is 6.31. The van der Waals surface area contributed by atoms with E-state index in [1.807, 2.05) is 4.90 Å². The second-order valence-electron chi connectivity index (χ2n) is 5.53. The van der Waals surface area contributed by atoms with Gasteiger partial charge in [-0.25, -0.2) is 8.78 Å². The number of carbonyl (C=O) groups excluding carboxylic acids is 1. The van der Waals surface area contributed by atoms with Gasteiger partial charge in [-0.3, -0.25) is 4.79 Å². The molecule has 2 aromatic rings. The third-order valence-corrected chi connectivity index (χ3v) is 4.07. The Balaban J connectivity index is 1.70. The van der Waals surface area contributed by atoms with Crippen molar-refractivity contribution in [2.45, 2.75) is 19.3 Å². The Morgan fingerprint density at radius 1 is 1.52 bits per heavy atom. The van der Waals surface area contributed by atoms with Crippen LogP contribution in [0, 0.1) is 5.92 Å². The lowest BCUT2D eigenvalue weighted by atomic mass is 9.97. The molecule has 1 atom stereocenters. The fraction of sp³-hybridized carbons (Fsp3) is 0.467. The van der Waals surface area contributed by atoms with E-state index in [9.17, 15) is 13.6 Å². The number of hydrogen-bond donors (Lipinski definition) is 1. The van der Waals surface area contributed by atoms with Gasteiger partial charge in [-0.05, 0) is 25.0 Å². The molecule has 0 aliphatic carbocycles. The van der Waals surface area contributed by atoms with Crippen molar-refractivity contribution in [3.05, 3.63) is 23.2 Å². The summed E-state index contributed by atoms with van der Waals surface area (Å²) in [7, 11) is 0. The minimum atomic E-state index is -2.54. The zero-order valence-corrected chi connectivity index (χ0v) is 13.0. The van der Waals surface area contributed by atoms with Crippen LogP contribution in [0.15, 0.2) is 22.6 Å². The second-order valence-corrected chi connectivity index (χ2v) is 5.97. The fourth-order valence-electron chi connectivity index (χ4n) is 2.71. The van der Waals surface area contributed by atoms with Crippen LogP contribution in [0.25, 0.3) is 11.1 Å². The van der Waals surface area contributed by atoms with Crippen LogP contribution < -0.4 is 10.2 Å². The Bertz CT molecular complexity index is 707. The molecule has 3 rings (SSSR count). The van der Waals surface area contributed by atoms with Gasteiger partial charge in [-0.2, -0.15) is 4.98 Å². The predicted molar refractivity (Wildman–Crippen MR) is 83.0 cm³/mol. The Morgan fingerprint density at radius 3 is 3.13 bits per heavy atom. The molecule has 0 saturated carbocycles. The standard InChI is InChI=1S/C15H16ClF2N3O2/c16-10-3-4-11-12(6-10)23-15(20-11)21-5-1-2-9(8-21)14(22)19-7-13(17)18/h3-4,6,9,13H,1-2,5,7-8H2,(H,19,22). The number of anilines is 1. The molecule has 1 aliphatic rings. The molecule has 124 valence electrons. The monoisotopic (exact) mass is 343 g/mol. The first-order valence-electron chi connectivity index (χ1n) is 7.40. The first kappa shape index (κ1) is 16.0. The maximum absolute atomic E-state index is 12.2. The van der Waals surface area contributed by atoms with E-state index in [4.69, 9.17) is 16.0 Å². The second kappa shape index (κ2) is 6.70. The van der Waals surface area contributed by atoms with E-state index in [0.29, 0.717) is 41.6 Å². The molecule has 0 spiro atoms. The Kier molecular flexibility index (Phi) is 4.66. The average Bonchev–Trinajstić information content (AvgIpc) is 2.95. The summed E-state index contributed by atoms with van der Waals surface area (Å²) in [5, 5.41) is 2.83. The largest absolute Gasteiger partial charge is 0.423 e. The van der Waals surface area contributed by atoms with E-state index in [1.54, 1.807) is 18.2 Å². The summed E-state index contributed by atoms with van der Waals surface area (Å²) >= 11 is 5.92. The van der Waals surface area contributed by atoms with E-state index >= 15 is 0 Å². The van der Waals surface area contributed by atoms with Crippen LogP contribution >= 0.6 is 11.6 Å². The number of fused-ring (bicyclic) bond motifs is 1. The van der Waals surface area contributed by atoms with Crippen molar-refractivity contribution in [1.82, 2.24) is 10.3 Å². The first-order chi connectivity index (χ1) is 11.0. The topological polar surface area (TPSA) is 58.4 Å². The number of rotatable bonds is 4. The number of carbonyl (C=O) groups is 1. The number of piperidine rings is 1. The van der Waals surface area contributed by atoms with Crippen molar-refractivity contribution >= 4 is 34.6 Å². The van der Waals surface area contributed by atoms with Crippen molar-refractivity contribution in [3.63, 3.8) is 0 Å². The average molecular weight is 344 g/mol. The molecule has 1 aromatic carbocycles. The number of nitrogens with zero attached hydrogens (tertiary/aromatic N) is 2. The van der Waals surface area contributed by atoms with Crippen LogP contribution in [0.5, 0.6) is 0 Å². The molecule has 1 saturated heterocycles. The maximum atomic E-state index is 12.2. The Labute approximate surface area is 136 Å². The fourth-order valence-corrected chi connectivity index (χ4v) is 2.87. The van der Waals surface area contributed by atoms with E-state index < -0.39 is 13.0 Å². The molecule has 2 heterocycles. The number of oxazole rings is 1. The summed E-state index contributed by atoms with van der Waals surface area (Å²) in [4.78, 5) is 18.2. The first-order valence-corrected chi connectivity index (χ1v) is 7.77. The SMILES string of the molecule is O=C(NCC(F)F)C1CCCN(c2nc3ccc(Cl)cc3o2)C1. The smallest absolute Gasteiger partial charge is 0.298 e. The number of benzene rings is 1. The number of nitrogens with one attached hydrogen (secondary N) is 1. The van der Waals surface area contributed by atoms with Crippen molar-refractivity contribution < 1.29 is 18.0 Å². The van der Waals surface area contributed by atoms with Crippen LogP contribution in [0.3, 0.4) is 0 Å². The number of halogens is 3. The lowest BCUT2D eigenvalue weighted by molar-refractivity contribution is -0.125. The number of hydrogen-bond acceptors (Lipinski definition) is 4. The van der Waals surface area contributed by atoms with Crippen LogP contribution in [0.4, 0.5) is 14.8 Å². The predicted octanol–water partition coefficient (Wildman–Crippen LogP) is 3.08. The molecule has 8 heteroatoms. The molecule has 1 aromatic heterocycles. The third-order valence-electron chi connectivity index (χ3n) is 3.83. The summed E-state index contributed by atoms with van der Waals surface area (Å²) in [6.45, 7) is 0.492. The molecule has 5 nitrogen and oxygen atoms in total. The lowest BCUT2D eigenvalue weighted by Crippen LogP contribution is -2.44. The zero-order chi connectivity index (χ0) is 16.4. The van der Waals surface area contributed by atoms with Gasteiger partial charge in [0.05, 0.1) is 12.5 Å². The van der Waals surface area contributed by atoms with Crippen molar-refractivity contribution in [2.24, 2.45) is 5.92 Å². The van der Waals surface area contributed by atoms with Gasteiger partial charge in [0.15, 0.2) is 5.58 Å². The van der Waals surface area contributed by atoms with E-state index in [2.05, 4.69) is 10.3 Å². The van der Waals surface area contributed by atoms with Crippen molar-refractivity contribution in [2.75, 3.05) is 24.5 Å². The normalized spacial score (nSPS) is 18.6. The maximum Gasteiger partial charge on any atom is 0.298 e. The summed E-state index contributed by atoms with van der Waals surface area (Å²) in [6.07, 6.45) is -1.11. The molecule has 0 radical (unpaired) electrons. The third kappa shape index (κ3) is 3.72. The highest BCUT2D eigenvalue weighted by Crippen LogP contribution is 2.28. The van der Waals surface area contributed by atoms with Crippen molar-refractivity contribution in [3.8, 4) is 0 Å². The van der Waals surface area contributed by atoms with Crippen LogP contribution in [-0.2, 0) is 4.79 Å². The van der Waals surface area contributed by atoms with Crippen molar-refractivity contribution in [1.29, 1.82) is 0 Å². The van der Waals surface area contributed by atoms with Gasteiger partial charge in [-0.1, -0.05) is 11.6 Å². The molecule has 1 fully saturated rings. The molecular weight excluding hydrogens is 328 g/mol. The highest BCUT2D eigenvalue weighted by Gasteiger charge is 2.28. The molecule has 1 N–H and O–H groups in total. The van der Waals surface area contributed by atoms with Gasteiger partial charge in [-0.15, -0.1) is 0 Å². The Morgan fingerprint density at radius 2 is 2.35 bits per heavy atom. The number of aromatic nitrogens is 1. The van der Waals surface area contributed by atoms with Gasteiger partial charge >= 0.3 is 0 Å². The van der Waals surface area contributed by atoms with E-state index in [1.165, 1.54) is 0 Å². The summed E-state index contributed by atoms with van der Waals surface area (Å²) < 4.78 is 30.1. The van der Waals surface area contributed by atoms with Gasteiger partial charge in [0, 0.05) is 24.2 Å². The quantitative estimate of drug-likeness (QED) is 0.927. The van der Waals surface area contributed by atoms with Gasteiger partial charge in [0.2, 0.25) is 5.91 Å². The summed E-state index contributed by atoms with van der Waals surface area (Å²) in [5.41, 5.74) is 1.27. The van der Waals surface area contributed by atoms with Crippen LogP contribution in [0.2, 0.25) is 5.02 Å². The minimum absolute atomic E-state index is 0.346. The number of amides is 1. The molecule has 1 aliphatic heterocycles. The molecule has 0 bridgehead atoms. The zero-order valence-electron chi connectivity index (χ0n) is 12.3. The van der Waals surface area contributed by atoms with Gasteiger partial charge in [0.25, 0.3) is 12.4 Å².